The zero-order chi connectivity index (χ0) is 19.4. The number of primary amides is 1. The first-order valence-corrected chi connectivity index (χ1v) is 11.3. The predicted molar refractivity (Wildman–Crippen MR) is 102 cm³/mol. The highest BCUT2D eigenvalue weighted by Crippen LogP contribution is 2.49. The van der Waals surface area contributed by atoms with Gasteiger partial charge in [0.2, 0.25) is 5.91 Å². The summed E-state index contributed by atoms with van der Waals surface area (Å²) in [5.41, 5.74) is 6.89. The van der Waals surface area contributed by atoms with Crippen molar-refractivity contribution >= 4 is 27.5 Å². The minimum atomic E-state index is -3.07. The van der Waals surface area contributed by atoms with E-state index in [0.717, 1.165) is 31.2 Å². The average Bonchev–Trinajstić information content (AvgIpc) is 3.31. The normalized spacial score (nSPS) is 26.8. The Morgan fingerprint density at radius 1 is 1.26 bits per heavy atom. The van der Waals surface area contributed by atoms with Crippen molar-refractivity contribution in [3.63, 3.8) is 0 Å². The van der Waals surface area contributed by atoms with E-state index >= 15 is 0 Å². The van der Waals surface area contributed by atoms with E-state index in [-0.39, 0.29) is 23.2 Å². The number of carbonyl (C=O) groups is 2. The number of rotatable bonds is 5. The minimum absolute atomic E-state index is 0.136. The van der Waals surface area contributed by atoms with Crippen molar-refractivity contribution in [2.45, 2.75) is 43.2 Å². The van der Waals surface area contributed by atoms with Crippen LogP contribution in [0.5, 0.6) is 0 Å². The van der Waals surface area contributed by atoms with Gasteiger partial charge in [0.15, 0.2) is 0 Å². The summed E-state index contributed by atoms with van der Waals surface area (Å²) in [5.74, 6) is -0.384. The molecule has 4 rings (SSSR count). The molecule has 8 heteroatoms. The van der Waals surface area contributed by atoms with Gasteiger partial charge in [0.1, 0.15) is 15.9 Å². The lowest BCUT2D eigenvalue weighted by Crippen LogP contribution is -2.48. The molecule has 1 saturated carbocycles. The number of hydrogen-bond donors (Lipinski definition) is 1. The minimum Gasteiger partial charge on any atom is -0.368 e. The van der Waals surface area contributed by atoms with Crippen LogP contribution in [-0.2, 0) is 20.0 Å². The molecule has 0 aromatic heterocycles. The van der Waals surface area contributed by atoms with Crippen LogP contribution in [0, 0.1) is 6.42 Å². The van der Waals surface area contributed by atoms with Gasteiger partial charge in [-0.1, -0.05) is 12.1 Å². The SMILES string of the molecule is CS(=O)(=O)CC1(c2ccc(N3C(=O)N4CCC[CH][C@@H]4C3C(N)=O)cc2)CC1. The van der Waals surface area contributed by atoms with Crippen molar-refractivity contribution in [3.8, 4) is 0 Å². The Morgan fingerprint density at radius 2 is 1.93 bits per heavy atom. The highest BCUT2D eigenvalue weighted by atomic mass is 32.2. The van der Waals surface area contributed by atoms with Gasteiger partial charge in [-0.15, -0.1) is 0 Å². The van der Waals surface area contributed by atoms with Crippen LogP contribution in [0.1, 0.15) is 31.2 Å². The van der Waals surface area contributed by atoms with Crippen molar-refractivity contribution in [2.75, 3.05) is 23.5 Å². The number of hydrogen-bond acceptors (Lipinski definition) is 4. The second-order valence-electron chi connectivity index (χ2n) is 7.96. The fourth-order valence-corrected chi connectivity index (χ4v) is 5.93. The molecular weight excluding hydrogens is 366 g/mol. The van der Waals surface area contributed by atoms with Gasteiger partial charge in [-0.2, -0.15) is 0 Å². The molecule has 27 heavy (non-hydrogen) atoms. The van der Waals surface area contributed by atoms with E-state index in [9.17, 15) is 18.0 Å². The first kappa shape index (κ1) is 18.3. The van der Waals surface area contributed by atoms with Crippen molar-refractivity contribution in [3.05, 3.63) is 36.2 Å². The number of nitrogens with zero attached hydrogens (tertiary/aromatic N) is 2. The van der Waals surface area contributed by atoms with E-state index in [0.29, 0.717) is 12.2 Å². The smallest absolute Gasteiger partial charge is 0.325 e. The van der Waals surface area contributed by atoms with Crippen LogP contribution < -0.4 is 10.6 Å². The van der Waals surface area contributed by atoms with Crippen LogP contribution in [0.25, 0.3) is 0 Å². The summed E-state index contributed by atoms with van der Waals surface area (Å²) >= 11 is 0. The molecule has 2 saturated heterocycles. The first-order chi connectivity index (χ1) is 12.7. The Bertz CT molecular complexity index is 877. The monoisotopic (exact) mass is 390 g/mol. The molecule has 3 aliphatic rings. The molecule has 2 heterocycles. The van der Waals surface area contributed by atoms with Gasteiger partial charge < -0.3 is 10.6 Å². The number of urea groups is 1. The molecule has 0 bridgehead atoms. The molecule has 1 aromatic rings. The first-order valence-electron chi connectivity index (χ1n) is 9.23. The average molecular weight is 390 g/mol. The van der Waals surface area contributed by atoms with Gasteiger partial charge in [-0.3, -0.25) is 9.69 Å². The lowest BCUT2D eigenvalue weighted by atomic mass is 9.96. The summed E-state index contributed by atoms with van der Waals surface area (Å²) in [5, 5.41) is 0. The summed E-state index contributed by atoms with van der Waals surface area (Å²) in [6.07, 6.45) is 6.69. The maximum atomic E-state index is 12.9. The van der Waals surface area contributed by atoms with Crippen LogP contribution in [0.3, 0.4) is 0 Å². The van der Waals surface area contributed by atoms with Gasteiger partial charge in [0, 0.05) is 23.9 Å². The van der Waals surface area contributed by atoms with Crippen LogP contribution in [0.4, 0.5) is 10.5 Å². The molecular formula is C19H24N3O4S. The molecule has 0 spiro atoms. The van der Waals surface area contributed by atoms with Gasteiger partial charge >= 0.3 is 6.03 Å². The Morgan fingerprint density at radius 3 is 2.48 bits per heavy atom. The third-order valence-corrected chi connectivity index (χ3v) is 6.94. The summed E-state index contributed by atoms with van der Waals surface area (Å²) in [7, 11) is -3.07. The lowest BCUT2D eigenvalue weighted by molar-refractivity contribution is -0.119. The Kier molecular flexibility index (Phi) is 4.21. The van der Waals surface area contributed by atoms with E-state index in [4.69, 9.17) is 5.73 Å². The molecule has 1 aromatic carbocycles. The van der Waals surface area contributed by atoms with E-state index in [1.807, 2.05) is 18.6 Å². The van der Waals surface area contributed by atoms with Gasteiger partial charge in [-0.25, -0.2) is 13.2 Å². The molecule has 2 N–H and O–H groups in total. The van der Waals surface area contributed by atoms with Crippen LogP contribution >= 0.6 is 0 Å². The number of carbonyl (C=O) groups excluding carboxylic acids is 2. The van der Waals surface area contributed by atoms with Gasteiger partial charge in [0.05, 0.1) is 11.8 Å². The van der Waals surface area contributed by atoms with Gasteiger partial charge in [0.25, 0.3) is 0 Å². The lowest BCUT2D eigenvalue weighted by Gasteiger charge is -2.29. The molecule has 1 unspecified atom stereocenters. The fraction of sp³-hybridized carbons (Fsp3) is 0.526. The van der Waals surface area contributed by atoms with Crippen molar-refractivity contribution < 1.29 is 18.0 Å². The third-order valence-electron chi connectivity index (χ3n) is 5.87. The maximum absolute atomic E-state index is 12.9. The second kappa shape index (κ2) is 6.22. The van der Waals surface area contributed by atoms with Crippen molar-refractivity contribution in [1.29, 1.82) is 0 Å². The van der Waals surface area contributed by atoms with Gasteiger partial charge in [-0.05, 0) is 49.8 Å². The number of sulfone groups is 1. The number of fused-ring (bicyclic) bond motifs is 1. The summed E-state index contributed by atoms with van der Waals surface area (Å²) in [4.78, 5) is 28.2. The van der Waals surface area contributed by atoms with Crippen molar-refractivity contribution in [2.24, 2.45) is 5.73 Å². The molecule has 1 radical (unpaired) electrons. The number of nitrogens with two attached hydrogens (primary N) is 1. The largest absolute Gasteiger partial charge is 0.368 e. The van der Waals surface area contributed by atoms with E-state index in [2.05, 4.69) is 0 Å². The molecule has 3 fully saturated rings. The number of piperidine rings is 1. The summed E-state index contributed by atoms with van der Waals surface area (Å²) < 4.78 is 23.5. The van der Waals surface area contributed by atoms with Crippen molar-refractivity contribution in [1.82, 2.24) is 4.90 Å². The Hall–Kier alpha value is -2.09. The summed E-state index contributed by atoms with van der Waals surface area (Å²) in [6.45, 7) is 0.621. The molecule has 7 nitrogen and oxygen atoms in total. The topological polar surface area (TPSA) is 101 Å². The Labute approximate surface area is 159 Å². The maximum Gasteiger partial charge on any atom is 0.325 e. The highest BCUT2D eigenvalue weighted by molar-refractivity contribution is 7.90. The number of anilines is 1. The zero-order valence-corrected chi connectivity index (χ0v) is 16.1. The number of amides is 3. The Balaban J connectivity index is 1.63. The highest BCUT2D eigenvalue weighted by Gasteiger charge is 2.50. The third kappa shape index (κ3) is 3.20. The predicted octanol–water partition coefficient (Wildman–Crippen LogP) is 1.23. The molecule has 3 amide bonds. The zero-order valence-electron chi connectivity index (χ0n) is 15.3. The van der Waals surface area contributed by atoms with Crippen LogP contribution in [-0.4, -0.2) is 55.9 Å². The fourth-order valence-electron chi connectivity index (χ4n) is 4.47. The van der Waals surface area contributed by atoms with Crippen LogP contribution in [0.15, 0.2) is 24.3 Å². The van der Waals surface area contributed by atoms with E-state index in [1.165, 1.54) is 11.2 Å². The second-order valence-corrected chi connectivity index (χ2v) is 10.1. The molecule has 2 aliphatic heterocycles. The quantitative estimate of drug-likeness (QED) is 0.817. The summed E-state index contributed by atoms with van der Waals surface area (Å²) in [6, 6.07) is 6.14. The van der Waals surface area contributed by atoms with E-state index < -0.39 is 21.8 Å². The van der Waals surface area contributed by atoms with Crippen LogP contribution in [0.2, 0.25) is 0 Å². The standard InChI is InChI=1S/C19H24N3O4S/c1-27(25,26)12-19(9-10-19)13-5-7-14(8-6-13)22-16(17(20)23)15-4-2-3-11-21(15)18(22)24/h4-8,15-16H,2-3,9-12H2,1H3,(H2,20,23)/t15-,16?/m1/s1. The molecule has 145 valence electrons. The molecule has 1 aliphatic carbocycles. The van der Waals surface area contributed by atoms with E-state index in [1.54, 1.807) is 17.0 Å². The molecule has 2 atom stereocenters. The number of benzene rings is 1.